The summed E-state index contributed by atoms with van der Waals surface area (Å²) >= 11 is 0. The van der Waals surface area contributed by atoms with Crippen LogP contribution in [0.5, 0.6) is 0 Å². The van der Waals surface area contributed by atoms with Gasteiger partial charge in [-0.05, 0) is 0 Å². The molecule has 2 saturated heterocycles. The van der Waals surface area contributed by atoms with E-state index in [1.54, 1.807) is 0 Å². The monoisotopic (exact) mass is 322 g/mol. The van der Waals surface area contributed by atoms with Crippen LogP contribution in [-0.2, 0) is 9.05 Å². The first-order valence-corrected chi connectivity index (χ1v) is 10.3. The minimum absolute atomic E-state index is 0.329. The SMILES string of the molecule is C1=CC2COP3(c4ccccc4)(c4ccccc4)OCC(=C1)C23. The Hall–Kier alpha value is -1.73. The summed E-state index contributed by atoms with van der Waals surface area (Å²) in [6, 6.07) is 21.3. The Morgan fingerprint density at radius 1 is 0.826 bits per heavy atom. The van der Waals surface area contributed by atoms with E-state index in [-0.39, 0.29) is 0 Å². The quantitative estimate of drug-likeness (QED) is 0.787. The summed E-state index contributed by atoms with van der Waals surface area (Å²) in [7, 11) is -3.12. The predicted molar refractivity (Wildman–Crippen MR) is 95.5 cm³/mol. The average Bonchev–Trinajstić information content (AvgIpc) is 3.18. The first-order chi connectivity index (χ1) is 11.3. The van der Waals surface area contributed by atoms with Gasteiger partial charge in [-0.25, -0.2) is 0 Å². The molecule has 0 spiro atoms. The number of rotatable bonds is 2. The van der Waals surface area contributed by atoms with Gasteiger partial charge in [0.15, 0.2) is 0 Å². The molecule has 23 heavy (non-hydrogen) atoms. The standard InChI is InChI=1S/C20H19O2P/c1-3-10-18(11-4-1)23(19-12-5-2-6-13-19)20-16(14-21-23)8-7-9-17(20)15-22-23/h1-13,16,20H,14-15H2. The van der Waals surface area contributed by atoms with Gasteiger partial charge in [0.1, 0.15) is 0 Å². The zero-order chi connectivity index (χ0) is 15.4. The number of hydrogen-bond acceptors (Lipinski definition) is 2. The van der Waals surface area contributed by atoms with E-state index in [0.717, 1.165) is 6.61 Å². The molecule has 2 nitrogen and oxygen atoms in total. The van der Waals surface area contributed by atoms with Crippen LogP contribution in [0.1, 0.15) is 0 Å². The second kappa shape index (κ2) is 4.64. The first-order valence-electron chi connectivity index (χ1n) is 8.14. The molecule has 0 N–H and O–H groups in total. The molecule has 2 aromatic carbocycles. The van der Waals surface area contributed by atoms with Crippen LogP contribution in [0.2, 0.25) is 0 Å². The summed E-state index contributed by atoms with van der Waals surface area (Å²) in [6.45, 7) is 1.41. The van der Waals surface area contributed by atoms with Crippen LogP contribution in [0.15, 0.2) is 84.5 Å². The second-order valence-electron chi connectivity index (χ2n) is 6.50. The molecule has 0 aromatic heterocycles. The molecule has 3 heteroatoms. The zero-order valence-electron chi connectivity index (χ0n) is 12.8. The van der Waals surface area contributed by atoms with E-state index in [1.165, 1.54) is 16.2 Å². The Labute approximate surface area is 136 Å². The van der Waals surface area contributed by atoms with Crippen molar-refractivity contribution in [3.05, 3.63) is 84.5 Å². The molecule has 0 amide bonds. The van der Waals surface area contributed by atoms with Crippen LogP contribution in [0.4, 0.5) is 0 Å². The Bertz CT molecular complexity index is 771. The van der Waals surface area contributed by atoms with Crippen LogP contribution >= 0.6 is 7.06 Å². The molecule has 2 unspecified atom stereocenters. The Morgan fingerprint density at radius 2 is 1.48 bits per heavy atom. The van der Waals surface area contributed by atoms with Gasteiger partial charge in [0, 0.05) is 0 Å². The van der Waals surface area contributed by atoms with Gasteiger partial charge in [0.05, 0.1) is 0 Å². The molecule has 0 radical (unpaired) electrons. The maximum atomic E-state index is 6.75. The van der Waals surface area contributed by atoms with Crippen molar-refractivity contribution in [2.75, 3.05) is 13.2 Å². The summed E-state index contributed by atoms with van der Waals surface area (Å²) in [5.74, 6) is 0.413. The van der Waals surface area contributed by atoms with Crippen LogP contribution in [-0.4, -0.2) is 18.9 Å². The summed E-state index contributed by atoms with van der Waals surface area (Å²) in [6.07, 6.45) is 6.70. The molecular weight excluding hydrogens is 303 g/mol. The molecular formula is C20H19O2P. The molecule has 2 heterocycles. The topological polar surface area (TPSA) is 18.5 Å². The van der Waals surface area contributed by atoms with Crippen LogP contribution in [0.25, 0.3) is 0 Å². The summed E-state index contributed by atoms with van der Waals surface area (Å²) in [4.78, 5) is 0. The van der Waals surface area contributed by atoms with Crippen molar-refractivity contribution in [2.24, 2.45) is 5.92 Å². The van der Waals surface area contributed by atoms with Crippen LogP contribution < -0.4 is 10.6 Å². The third-order valence-electron chi connectivity index (χ3n) is 5.46. The van der Waals surface area contributed by atoms with E-state index in [1.807, 2.05) is 0 Å². The van der Waals surface area contributed by atoms with Gasteiger partial charge >= 0.3 is 136 Å². The molecule has 0 bridgehead atoms. The number of allylic oxidation sites excluding steroid dienone is 2. The fourth-order valence-electron chi connectivity index (χ4n) is 4.55. The molecule has 0 saturated carbocycles. The van der Waals surface area contributed by atoms with Crippen molar-refractivity contribution in [1.82, 2.24) is 0 Å². The van der Waals surface area contributed by atoms with E-state index in [2.05, 4.69) is 78.9 Å². The third-order valence-corrected chi connectivity index (χ3v) is 11.0. The van der Waals surface area contributed by atoms with Crippen molar-refractivity contribution in [3.63, 3.8) is 0 Å². The van der Waals surface area contributed by atoms with Crippen molar-refractivity contribution >= 4 is 17.7 Å². The van der Waals surface area contributed by atoms with Gasteiger partial charge < -0.3 is 0 Å². The zero-order valence-corrected chi connectivity index (χ0v) is 13.7. The van der Waals surface area contributed by atoms with E-state index in [4.69, 9.17) is 9.05 Å². The number of benzene rings is 2. The molecule has 116 valence electrons. The first kappa shape index (κ1) is 13.7. The molecule has 1 aliphatic carbocycles. The summed E-state index contributed by atoms with van der Waals surface area (Å²) < 4.78 is 13.5. The summed E-state index contributed by atoms with van der Waals surface area (Å²) in [5, 5.41) is 2.44. The van der Waals surface area contributed by atoms with Crippen molar-refractivity contribution in [1.29, 1.82) is 0 Å². The van der Waals surface area contributed by atoms with E-state index < -0.39 is 7.06 Å². The molecule has 3 aliphatic rings. The van der Waals surface area contributed by atoms with Gasteiger partial charge in [-0.15, -0.1) is 0 Å². The average molecular weight is 322 g/mol. The van der Waals surface area contributed by atoms with E-state index in [9.17, 15) is 0 Å². The van der Waals surface area contributed by atoms with Crippen molar-refractivity contribution < 1.29 is 9.05 Å². The molecule has 2 aromatic rings. The van der Waals surface area contributed by atoms with Crippen molar-refractivity contribution in [3.8, 4) is 0 Å². The van der Waals surface area contributed by atoms with Gasteiger partial charge in [0.25, 0.3) is 0 Å². The fourth-order valence-corrected chi connectivity index (χ4v) is 10.5. The van der Waals surface area contributed by atoms with Crippen LogP contribution in [0, 0.1) is 5.92 Å². The molecule has 2 aliphatic heterocycles. The second-order valence-corrected chi connectivity index (χ2v) is 10.6. The van der Waals surface area contributed by atoms with E-state index in [0.29, 0.717) is 18.2 Å². The molecule has 2 fully saturated rings. The van der Waals surface area contributed by atoms with Crippen molar-refractivity contribution in [2.45, 2.75) is 5.66 Å². The predicted octanol–water partition coefficient (Wildman–Crippen LogP) is 3.56. The van der Waals surface area contributed by atoms with Gasteiger partial charge in [-0.2, -0.15) is 0 Å². The Balaban J connectivity index is 1.87. The normalized spacial score (nSPS) is 31.0. The van der Waals surface area contributed by atoms with Crippen LogP contribution in [0.3, 0.4) is 0 Å². The maximum absolute atomic E-state index is 6.75. The molecule has 2 atom stereocenters. The summed E-state index contributed by atoms with van der Waals surface area (Å²) in [5.41, 5.74) is 1.72. The Morgan fingerprint density at radius 3 is 2.13 bits per heavy atom. The van der Waals surface area contributed by atoms with Gasteiger partial charge in [-0.3, -0.25) is 0 Å². The molecule has 5 rings (SSSR count). The fraction of sp³-hybridized carbons (Fsp3) is 0.200. The van der Waals surface area contributed by atoms with E-state index >= 15 is 0 Å². The van der Waals surface area contributed by atoms with Gasteiger partial charge in [-0.1, -0.05) is 0 Å². The number of hydrogen-bond donors (Lipinski definition) is 0. The third kappa shape index (κ3) is 1.54. The Kier molecular flexibility index (Phi) is 2.76. The minimum atomic E-state index is -3.12. The van der Waals surface area contributed by atoms with Gasteiger partial charge in [0.2, 0.25) is 0 Å².